The molecule has 1 N–H and O–H groups in total. The third-order valence-corrected chi connectivity index (χ3v) is 6.43. The van der Waals surface area contributed by atoms with Gasteiger partial charge in [0, 0.05) is 13.1 Å². The smallest absolute Gasteiger partial charge is 0.262 e. The van der Waals surface area contributed by atoms with Gasteiger partial charge in [0.05, 0.1) is 23.3 Å². The van der Waals surface area contributed by atoms with Gasteiger partial charge in [-0.3, -0.25) is 14.2 Å². The number of carbonyl (C=O) groups excluding carboxylic acids is 1. The zero-order chi connectivity index (χ0) is 22.9. The number of ether oxygens (including phenoxy) is 1. The molecule has 0 fully saturated rings. The number of aromatic nitrogens is 2. The molecular formula is C25H31N3O3S. The molecule has 3 rings (SSSR count). The van der Waals surface area contributed by atoms with E-state index in [9.17, 15) is 9.59 Å². The van der Waals surface area contributed by atoms with Crippen LogP contribution in [0.1, 0.15) is 45.1 Å². The molecule has 2 aromatic carbocycles. The maximum atomic E-state index is 13.1. The number of fused-ring (bicyclic) bond motifs is 1. The average Bonchev–Trinajstić information content (AvgIpc) is 2.82. The third kappa shape index (κ3) is 6.13. The van der Waals surface area contributed by atoms with Crippen molar-refractivity contribution in [1.29, 1.82) is 0 Å². The number of hydrogen-bond donors (Lipinski definition) is 1. The standard InChI is InChI=1S/C25H31N3O3S/c1-4-5-6-9-16-28-24(30)21-10-7-8-11-22(21)27-25(28)32-18(2)23(29)26-17-19-12-14-20(31-3)15-13-19/h7-8,10-15,18H,4-6,9,16-17H2,1-3H3,(H,26,29). The summed E-state index contributed by atoms with van der Waals surface area (Å²) in [6, 6.07) is 15.0. The zero-order valence-corrected chi connectivity index (χ0v) is 19.8. The van der Waals surface area contributed by atoms with E-state index in [2.05, 4.69) is 12.2 Å². The topological polar surface area (TPSA) is 73.2 Å². The zero-order valence-electron chi connectivity index (χ0n) is 19.0. The van der Waals surface area contributed by atoms with Crippen LogP contribution in [0.4, 0.5) is 0 Å². The Bertz CT molecular complexity index is 1100. The number of thioether (sulfide) groups is 1. The molecule has 32 heavy (non-hydrogen) atoms. The van der Waals surface area contributed by atoms with Crippen molar-refractivity contribution < 1.29 is 9.53 Å². The highest BCUT2D eigenvalue weighted by molar-refractivity contribution is 8.00. The maximum absolute atomic E-state index is 13.1. The van der Waals surface area contributed by atoms with E-state index in [-0.39, 0.29) is 16.7 Å². The fourth-order valence-electron chi connectivity index (χ4n) is 3.42. The van der Waals surface area contributed by atoms with Crippen LogP contribution >= 0.6 is 11.8 Å². The van der Waals surface area contributed by atoms with Crippen LogP contribution in [0, 0.1) is 0 Å². The summed E-state index contributed by atoms with van der Waals surface area (Å²) >= 11 is 1.33. The molecule has 0 bridgehead atoms. The SMILES string of the molecule is CCCCCCn1c(SC(C)C(=O)NCc2ccc(OC)cc2)nc2ccccc2c1=O. The van der Waals surface area contributed by atoms with Gasteiger partial charge >= 0.3 is 0 Å². The third-order valence-electron chi connectivity index (χ3n) is 5.34. The van der Waals surface area contributed by atoms with Crippen LogP contribution < -0.4 is 15.6 Å². The van der Waals surface area contributed by atoms with Crippen LogP contribution in [0.15, 0.2) is 58.5 Å². The number of rotatable bonds is 11. The number of hydrogen-bond acceptors (Lipinski definition) is 5. The molecule has 1 amide bonds. The summed E-state index contributed by atoms with van der Waals surface area (Å²) in [5, 5.41) is 3.80. The lowest BCUT2D eigenvalue weighted by molar-refractivity contribution is -0.120. The maximum Gasteiger partial charge on any atom is 0.262 e. The number of amides is 1. The van der Waals surface area contributed by atoms with Crippen molar-refractivity contribution in [3.63, 3.8) is 0 Å². The summed E-state index contributed by atoms with van der Waals surface area (Å²) in [5.41, 5.74) is 1.61. The van der Waals surface area contributed by atoms with Gasteiger partial charge in [-0.15, -0.1) is 0 Å². The molecule has 0 aliphatic carbocycles. The number of methoxy groups -OCH3 is 1. The Morgan fingerprint density at radius 2 is 1.88 bits per heavy atom. The Morgan fingerprint density at radius 3 is 2.59 bits per heavy atom. The Kier molecular flexibility index (Phi) is 8.73. The highest BCUT2D eigenvalue weighted by atomic mass is 32.2. The summed E-state index contributed by atoms with van der Waals surface area (Å²) in [4.78, 5) is 30.6. The van der Waals surface area contributed by atoms with Crippen LogP contribution in [0.3, 0.4) is 0 Å². The lowest BCUT2D eigenvalue weighted by Gasteiger charge is -2.16. The minimum Gasteiger partial charge on any atom is -0.497 e. The second-order valence-electron chi connectivity index (χ2n) is 7.75. The molecule has 170 valence electrons. The van der Waals surface area contributed by atoms with Crippen molar-refractivity contribution >= 4 is 28.6 Å². The van der Waals surface area contributed by atoms with Crippen molar-refractivity contribution in [2.24, 2.45) is 0 Å². The quantitative estimate of drug-likeness (QED) is 0.257. The molecule has 0 aliphatic rings. The van der Waals surface area contributed by atoms with Gasteiger partial charge < -0.3 is 10.1 Å². The predicted molar refractivity (Wildman–Crippen MR) is 130 cm³/mol. The Morgan fingerprint density at radius 1 is 1.12 bits per heavy atom. The van der Waals surface area contributed by atoms with E-state index in [1.54, 1.807) is 11.7 Å². The molecule has 3 aromatic rings. The molecule has 1 unspecified atom stereocenters. The molecule has 6 nitrogen and oxygen atoms in total. The van der Waals surface area contributed by atoms with Gasteiger partial charge in [-0.1, -0.05) is 62.2 Å². The van der Waals surface area contributed by atoms with E-state index >= 15 is 0 Å². The number of nitrogens with one attached hydrogen (secondary N) is 1. The van der Waals surface area contributed by atoms with E-state index in [0.717, 1.165) is 37.0 Å². The minimum atomic E-state index is -0.386. The molecule has 0 saturated heterocycles. The first-order valence-corrected chi connectivity index (χ1v) is 12.0. The van der Waals surface area contributed by atoms with E-state index in [1.165, 1.54) is 11.8 Å². The molecule has 1 atom stereocenters. The fourth-order valence-corrected chi connectivity index (χ4v) is 4.38. The summed E-state index contributed by atoms with van der Waals surface area (Å²) < 4.78 is 6.90. The molecule has 0 spiro atoms. The molecular weight excluding hydrogens is 422 g/mol. The monoisotopic (exact) mass is 453 g/mol. The van der Waals surface area contributed by atoms with E-state index in [0.29, 0.717) is 29.1 Å². The molecule has 1 aromatic heterocycles. The van der Waals surface area contributed by atoms with Gasteiger partial charge in [-0.05, 0) is 43.2 Å². The molecule has 1 heterocycles. The Hall–Kier alpha value is -2.80. The first-order valence-electron chi connectivity index (χ1n) is 11.1. The van der Waals surface area contributed by atoms with Crippen molar-refractivity contribution in [3.8, 4) is 5.75 Å². The normalized spacial score (nSPS) is 12.0. The van der Waals surface area contributed by atoms with Gasteiger partial charge in [0.15, 0.2) is 5.16 Å². The Labute approximate surface area is 193 Å². The van der Waals surface area contributed by atoms with Crippen LogP contribution in [0.2, 0.25) is 0 Å². The predicted octanol–water partition coefficient (Wildman–Crippen LogP) is 4.78. The molecule has 0 saturated carbocycles. The summed E-state index contributed by atoms with van der Waals surface area (Å²) in [6.07, 6.45) is 4.26. The fraction of sp³-hybridized carbons (Fsp3) is 0.400. The lowest BCUT2D eigenvalue weighted by atomic mass is 10.2. The van der Waals surface area contributed by atoms with Crippen LogP contribution in [0.5, 0.6) is 5.75 Å². The molecule has 0 radical (unpaired) electrons. The van der Waals surface area contributed by atoms with Crippen molar-refractivity contribution in [1.82, 2.24) is 14.9 Å². The van der Waals surface area contributed by atoms with Crippen molar-refractivity contribution in [3.05, 3.63) is 64.4 Å². The second-order valence-corrected chi connectivity index (χ2v) is 9.06. The van der Waals surface area contributed by atoms with E-state index < -0.39 is 0 Å². The number of unbranched alkanes of at least 4 members (excludes halogenated alkanes) is 3. The molecule has 0 aliphatic heterocycles. The van der Waals surface area contributed by atoms with Gasteiger partial charge in [0.25, 0.3) is 5.56 Å². The summed E-state index contributed by atoms with van der Waals surface area (Å²) in [5.74, 6) is 0.689. The van der Waals surface area contributed by atoms with Gasteiger partial charge in [0.1, 0.15) is 5.75 Å². The molecule has 7 heteroatoms. The van der Waals surface area contributed by atoms with E-state index in [4.69, 9.17) is 9.72 Å². The number of benzene rings is 2. The van der Waals surface area contributed by atoms with Crippen molar-refractivity contribution in [2.45, 2.75) is 63.0 Å². The number of para-hydroxylation sites is 1. The van der Waals surface area contributed by atoms with Crippen LogP contribution in [-0.4, -0.2) is 27.8 Å². The summed E-state index contributed by atoms with van der Waals surface area (Å²) in [6.45, 7) is 5.05. The second kappa shape index (κ2) is 11.7. The number of carbonyl (C=O) groups is 1. The average molecular weight is 454 g/mol. The van der Waals surface area contributed by atoms with E-state index in [1.807, 2.05) is 55.5 Å². The minimum absolute atomic E-state index is 0.0413. The highest BCUT2D eigenvalue weighted by Crippen LogP contribution is 2.23. The van der Waals surface area contributed by atoms with Gasteiger partial charge in [0.2, 0.25) is 5.91 Å². The van der Waals surface area contributed by atoms with Gasteiger partial charge in [-0.25, -0.2) is 4.98 Å². The highest BCUT2D eigenvalue weighted by Gasteiger charge is 2.19. The van der Waals surface area contributed by atoms with Crippen molar-refractivity contribution in [2.75, 3.05) is 7.11 Å². The number of nitrogens with zero attached hydrogens (tertiary/aromatic N) is 2. The largest absolute Gasteiger partial charge is 0.497 e. The summed E-state index contributed by atoms with van der Waals surface area (Å²) in [7, 11) is 1.62. The lowest BCUT2D eigenvalue weighted by Crippen LogP contribution is -2.31. The Balaban J connectivity index is 1.73. The first kappa shape index (κ1) is 23.9. The van der Waals surface area contributed by atoms with Crippen LogP contribution in [0.25, 0.3) is 10.9 Å². The van der Waals surface area contributed by atoms with Gasteiger partial charge in [-0.2, -0.15) is 0 Å². The first-order chi connectivity index (χ1) is 15.5. The van der Waals surface area contributed by atoms with Crippen LogP contribution in [-0.2, 0) is 17.9 Å².